The molecule has 146 valence electrons. The Labute approximate surface area is 160 Å². The highest BCUT2D eigenvalue weighted by Gasteiger charge is 2.36. The minimum absolute atomic E-state index is 0.0359. The fraction of sp³-hybridized carbons (Fsp3) is 0.550. The van der Waals surface area contributed by atoms with Crippen LogP contribution in [0.15, 0.2) is 33.7 Å². The Bertz CT molecular complexity index is 916. The number of aryl methyl sites for hydroxylation is 2. The second kappa shape index (κ2) is 7.37. The molecular weight excluding hydrogens is 362 g/mol. The van der Waals surface area contributed by atoms with E-state index in [9.17, 15) is 8.42 Å². The molecule has 27 heavy (non-hydrogen) atoms. The lowest BCUT2D eigenvalue weighted by atomic mass is 9.86. The zero-order valence-corrected chi connectivity index (χ0v) is 16.7. The van der Waals surface area contributed by atoms with E-state index in [2.05, 4.69) is 15.0 Å². The first-order chi connectivity index (χ1) is 12.9. The first-order valence-electron chi connectivity index (χ1n) is 9.74. The molecule has 0 amide bonds. The topological polar surface area (TPSA) is 84.2 Å². The van der Waals surface area contributed by atoms with Crippen molar-refractivity contribution in [2.45, 2.75) is 75.4 Å². The Balaban J connectivity index is 1.51. The highest BCUT2D eigenvalue weighted by molar-refractivity contribution is 7.89. The lowest BCUT2D eigenvalue weighted by molar-refractivity contribution is 0.243. The van der Waals surface area contributed by atoms with Crippen molar-refractivity contribution in [1.29, 1.82) is 0 Å². The third-order valence-corrected chi connectivity index (χ3v) is 7.40. The van der Waals surface area contributed by atoms with Crippen molar-refractivity contribution >= 4 is 10.0 Å². The number of sulfonamides is 1. The van der Waals surface area contributed by atoms with Crippen LogP contribution in [0.25, 0.3) is 11.3 Å². The Morgan fingerprint density at radius 1 is 1.07 bits per heavy atom. The first kappa shape index (κ1) is 18.7. The van der Waals surface area contributed by atoms with Gasteiger partial charge in [-0.1, -0.05) is 25.0 Å². The molecule has 2 fully saturated rings. The molecule has 2 aliphatic carbocycles. The predicted molar refractivity (Wildman–Crippen MR) is 104 cm³/mol. The molecular formula is C20H27N3O3S. The van der Waals surface area contributed by atoms with Crippen LogP contribution in [0.3, 0.4) is 0 Å². The number of oxazole rings is 1. The highest BCUT2D eigenvalue weighted by atomic mass is 32.2. The number of benzene rings is 1. The van der Waals surface area contributed by atoms with Gasteiger partial charge in [0.1, 0.15) is 0 Å². The molecule has 0 radical (unpaired) electrons. The number of nitrogens with one attached hydrogen (secondary N) is 2. The molecule has 0 spiro atoms. The first-order valence-corrected chi connectivity index (χ1v) is 11.2. The minimum Gasteiger partial charge on any atom is -0.441 e. The summed E-state index contributed by atoms with van der Waals surface area (Å²) in [5, 5.41) is 3.64. The average Bonchev–Trinajstić information content (AvgIpc) is 3.29. The number of hydrogen-bond donors (Lipinski definition) is 2. The second-order valence-corrected chi connectivity index (χ2v) is 9.47. The van der Waals surface area contributed by atoms with Crippen LogP contribution in [0.5, 0.6) is 0 Å². The Hall–Kier alpha value is -1.70. The quantitative estimate of drug-likeness (QED) is 0.792. The van der Waals surface area contributed by atoms with E-state index >= 15 is 0 Å². The van der Waals surface area contributed by atoms with Crippen LogP contribution in [0, 0.1) is 13.8 Å². The fourth-order valence-electron chi connectivity index (χ4n) is 4.04. The maximum atomic E-state index is 13.0. The van der Waals surface area contributed by atoms with E-state index in [1.807, 2.05) is 19.1 Å². The van der Waals surface area contributed by atoms with Gasteiger partial charge in [-0.2, -0.15) is 0 Å². The molecule has 0 saturated heterocycles. The Morgan fingerprint density at radius 2 is 1.81 bits per heavy atom. The SMILES string of the molecule is Cc1ncc(-c2ccc(C)c(S(=O)(=O)N[C@@H]3CC[C@@H]3NC3CCCC3)c2)o1. The molecule has 2 aromatic rings. The molecule has 2 N–H and O–H groups in total. The van der Waals surface area contributed by atoms with Crippen molar-refractivity contribution in [2.75, 3.05) is 0 Å². The smallest absolute Gasteiger partial charge is 0.241 e. The maximum absolute atomic E-state index is 13.0. The van der Waals surface area contributed by atoms with E-state index in [-0.39, 0.29) is 12.1 Å². The summed E-state index contributed by atoms with van der Waals surface area (Å²) in [4.78, 5) is 4.40. The summed E-state index contributed by atoms with van der Waals surface area (Å²) < 4.78 is 34.6. The molecule has 0 aliphatic heterocycles. The van der Waals surface area contributed by atoms with E-state index in [0.717, 1.165) is 24.0 Å². The van der Waals surface area contributed by atoms with Crippen LogP contribution in [0.4, 0.5) is 0 Å². The number of aromatic nitrogens is 1. The van der Waals surface area contributed by atoms with Crippen LogP contribution in [0.2, 0.25) is 0 Å². The Kier molecular flexibility index (Phi) is 5.09. The van der Waals surface area contributed by atoms with E-state index in [1.165, 1.54) is 25.7 Å². The number of hydrogen-bond acceptors (Lipinski definition) is 5. The molecule has 2 atom stereocenters. The largest absolute Gasteiger partial charge is 0.441 e. The van der Waals surface area contributed by atoms with Crippen molar-refractivity contribution in [2.24, 2.45) is 0 Å². The molecule has 6 nitrogen and oxygen atoms in total. The van der Waals surface area contributed by atoms with Crippen LogP contribution in [-0.4, -0.2) is 31.5 Å². The lowest BCUT2D eigenvalue weighted by Crippen LogP contribution is -2.58. The summed E-state index contributed by atoms with van der Waals surface area (Å²) in [6.45, 7) is 3.59. The van der Waals surface area contributed by atoms with Gasteiger partial charge in [-0.25, -0.2) is 18.1 Å². The molecule has 2 saturated carbocycles. The van der Waals surface area contributed by atoms with E-state index in [4.69, 9.17) is 4.42 Å². The molecule has 7 heteroatoms. The summed E-state index contributed by atoms with van der Waals surface area (Å²) in [5.41, 5.74) is 1.44. The van der Waals surface area contributed by atoms with Crippen LogP contribution >= 0.6 is 0 Å². The lowest BCUT2D eigenvalue weighted by Gasteiger charge is -2.39. The average molecular weight is 390 g/mol. The maximum Gasteiger partial charge on any atom is 0.241 e. The summed E-state index contributed by atoms with van der Waals surface area (Å²) >= 11 is 0. The second-order valence-electron chi connectivity index (χ2n) is 7.78. The van der Waals surface area contributed by atoms with Gasteiger partial charge in [-0.3, -0.25) is 0 Å². The van der Waals surface area contributed by atoms with Crippen molar-refractivity contribution in [1.82, 2.24) is 15.0 Å². The van der Waals surface area contributed by atoms with Gasteiger partial charge in [0.25, 0.3) is 0 Å². The predicted octanol–water partition coefficient (Wildman–Crippen LogP) is 3.30. The normalized spacial score (nSPS) is 23.5. The van der Waals surface area contributed by atoms with Gasteiger partial charge in [-0.15, -0.1) is 0 Å². The van der Waals surface area contributed by atoms with Gasteiger partial charge in [0.05, 0.1) is 11.1 Å². The Morgan fingerprint density at radius 3 is 2.44 bits per heavy atom. The van der Waals surface area contributed by atoms with Crippen molar-refractivity contribution in [3.63, 3.8) is 0 Å². The fourth-order valence-corrected chi connectivity index (χ4v) is 5.62. The van der Waals surface area contributed by atoms with Gasteiger partial charge < -0.3 is 9.73 Å². The molecule has 1 heterocycles. The standard InChI is InChI=1S/C20H27N3O3S/c1-13-7-8-15(19-12-21-14(2)26-19)11-20(13)27(24,25)23-18-10-9-17(18)22-16-5-3-4-6-16/h7-8,11-12,16-18,22-23H,3-6,9-10H2,1-2H3/t17-,18+/m0/s1. The van der Waals surface area contributed by atoms with Gasteiger partial charge in [0.2, 0.25) is 10.0 Å². The zero-order valence-electron chi connectivity index (χ0n) is 15.9. The van der Waals surface area contributed by atoms with Gasteiger partial charge in [0, 0.05) is 30.6 Å². The van der Waals surface area contributed by atoms with E-state index < -0.39 is 10.0 Å². The third-order valence-electron chi connectivity index (χ3n) is 5.77. The summed E-state index contributed by atoms with van der Waals surface area (Å²) in [6.07, 6.45) is 8.48. The molecule has 0 bridgehead atoms. The molecule has 1 aromatic carbocycles. The molecule has 4 rings (SSSR count). The summed E-state index contributed by atoms with van der Waals surface area (Å²) in [7, 11) is -3.59. The van der Waals surface area contributed by atoms with Gasteiger partial charge in [-0.05, 0) is 44.2 Å². The zero-order chi connectivity index (χ0) is 19.0. The van der Waals surface area contributed by atoms with Crippen molar-refractivity contribution < 1.29 is 12.8 Å². The molecule has 1 aromatic heterocycles. The summed E-state index contributed by atoms with van der Waals surface area (Å²) in [5.74, 6) is 1.14. The molecule has 0 unspecified atom stereocenters. The van der Waals surface area contributed by atoms with Crippen LogP contribution in [0.1, 0.15) is 50.0 Å². The van der Waals surface area contributed by atoms with Crippen molar-refractivity contribution in [3.05, 3.63) is 35.9 Å². The monoisotopic (exact) mass is 389 g/mol. The van der Waals surface area contributed by atoms with Crippen LogP contribution in [-0.2, 0) is 10.0 Å². The number of rotatable bonds is 6. The highest BCUT2D eigenvalue weighted by Crippen LogP contribution is 2.29. The number of nitrogens with zero attached hydrogens (tertiary/aromatic N) is 1. The van der Waals surface area contributed by atoms with Crippen LogP contribution < -0.4 is 10.0 Å². The molecule has 2 aliphatic rings. The minimum atomic E-state index is -3.59. The van der Waals surface area contributed by atoms with Gasteiger partial charge in [0.15, 0.2) is 11.7 Å². The summed E-state index contributed by atoms with van der Waals surface area (Å²) in [6, 6.07) is 6.10. The van der Waals surface area contributed by atoms with E-state index in [0.29, 0.717) is 22.6 Å². The third kappa shape index (κ3) is 3.95. The van der Waals surface area contributed by atoms with E-state index in [1.54, 1.807) is 19.2 Å². The van der Waals surface area contributed by atoms with Gasteiger partial charge >= 0.3 is 0 Å². The van der Waals surface area contributed by atoms with Crippen molar-refractivity contribution in [3.8, 4) is 11.3 Å².